The molecule has 15 heavy (non-hydrogen) atoms. The van der Waals surface area contributed by atoms with Crippen molar-refractivity contribution < 1.29 is 14.6 Å². The second-order valence-electron chi connectivity index (χ2n) is 2.89. The van der Waals surface area contributed by atoms with Crippen LogP contribution in [0.25, 0.3) is 0 Å². The van der Waals surface area contributed by atoms with Crippen LogP contribution in [0.1, 0.15) is 5.56 Å². The number of benzene rings is 1. The lowest BCUT2D eigenvalue weighted by Crippen LogP contribution is -2.03. The Morgan fingerprint density at radius 2 is 1.93 bits per heavy atom. The molecule has 1 aromatic carbocycles. The molecule has 0 spiro atoms. The molecule has 1 rings (SSSR count). The molecule has 0 heterocycles. The first-order chi connectivity index (χ1) is 6.72. The van der Waals surface area contributed by atoms with Crippen LogP contribution in [0.4, 0.5) is 0 Å². The van der Waals surface area contributed by atoms with Crippen LogP contribution in [0, 0.1) is 0 Å². The summed E-state index contributed by atoms with van der Waals surface area (Å²) in [5.41, 5.74) is 6.35. The molecule has 0 aliphatic heterocycles. The number of ether oxygens (including phenoxy) is 2. The van der Waals surface area contributed by atoms with E-state index >= 15 is 0 Å². The highest BCUT2D eigenvalue weighted by molar-refractivity contribution is 5.85. The van der Waals surface area contributed by atoms with Crippen LogP contribution in [0.5, 0.6) is 17.2 Å². The standard InChI is InChI=1S/C10H15NO3.ClH/c1-13-9-6-7(3-4-11)5-8(12)10(9)14-2;/h5-6,12H,3-4,11H2,1-2H3;1H. The number of hydrogen-bond donors (Lipinski definition) is 2. The predicted molar refractivity (Wildman–Crippen MR) is 61.2 cm³/mol. The Hall–Kier alpha value is -1.13. The molecule has 3 N–H and O–H groups in total. The van der Waals surface area contributed by atoms with Crippen LogP contribution in [-0.4, -0.2) is 25.9 Å². The summed E-state index contributed by atoms with van der Waals surface area (Å²) in [5.74, 6) is 0.958. The van der Waals surface area contributed by atoms with Crippen molar-refractivity contribution in [1.82, 2.24) is 0 Å². The Morgan fingerprint density at radius 1 is 1.27 bits per heavy atom. The van der Waals surface area contributed by atoms with E-state index in [4.69, 9.17) is 15.2 Å². The summed E-state index contributed by atoms with van der Waals surface area (Å²) in [4.78, 5) is 0. The smallest absolute Gasteiger partial charge is 0.203 e. The SMILES string of the molecule is COc1cc(CCN)cc(O)c1OC.Cl. The zero-order valence-electron chi connectivity index (χ0n) is 8.82. The van der Waals surface area contributed by atoms with Crippen molar-refractivity contribution in [2.45, 2.75) is 6.42 Å². The van der Waals surface area contributed by atoms with E-state index in [2.05, 4.69) is 0 Å². The summed E-state index contributed by atoms with van der Waals surface area (Å²) in [6.07, 6.45) is 0.702. The van der Waals surface area contributed by atoms with Crippen LogP contribution in [-0.2, 0) is 6.42 Å². The summed E-state index contributed by atoms with van der Waals surface area (Å²) in [6.45, 7) is 0.537. The monoisotopic (exact) mass is 233 g/mol. The van der Waals surface area contributed by atoms with E-state index in [1.54, 1.807) is 6.07 Å². The molecule has 0 aromatic heterocycles. The first kappa shape index (κ1) is 13.9. The van der Waals surface area contributed by atoms with Gasteiger partial charge in [-0.1, -0.05) is 0 Å². The summed E-state index contributed by atoms with van der Waals surface area (Å²) in [6, 6.07) is 3.44. The molecule has 5 heteroatoms. The summed E-state index contributed by atoms with van der Waals surface area (Å²) in [7, 11) is 3.02. The molecule has 0 bridgehead atoms. The summed E-state index contributed by atoms with van der Waals surface area (Å²) in [5, 5.41) is 9.58. The number of nitrogens with two attached hydrogens (primary N) is 1. The highest BCUT2D eigenvalue weighted by Crippen LogP contribution is 2.37. The van der Waals surface area contributed by atoms with E-state index in [-0.39, 0.29) is 18.2 Å². The first-order valence-corrected chi connectivity index (χ1v) is 4.36. The van der Waals surface area contributed by atoms with Gasteiger partial charge in [0.15, 0.2) is 11.5 Å². The fraction of sp³-hybridized carbons (Fsp3) is 0.400. The maximum atomic E-state index is 9.58. The lowest BCUT2D eigenvalue weighted by Gasteiger charge is -2.11. The van der Waals surface area contributed by atoms with E-state index in [9.17, 15) is 5.11 Å². The van der Waals surface area contributed by atoms with E-state index < -0.39 is 0 Å². The number of aromatic hydroxyl groups is 1. The van der Waals surface area contributed by atoms with Crippen molar-refractivity contribution in [3.63, 3.8) is 0 Å². The molecule has 0 amide bonds. The van der Waals surface area contributed by atoms with Crippen molar-refractivity contribution in [1.29, 1.82) is 0 Å². The van der Waals surface area contributed by atoms with Gasteiger partial charge in [0.05, 0.1) is 14.2 Å². The molecule has 0 unspecified atom stereocenters. The molecule has 0 saturated heterocycles. The molecule has 0 radical (unpaired) electrons. The Balaban J connectivity index is 0.00000196. The number of rotatable bonds is 4. The minimum atomic E-state index is 0. The third kappa shape index (κ3) is 3.18. The van der Waals surface area contributed by atoms with Gasteiger partial charge in [0, 0.05) is 0 Å². The second kappa shape index (κ2) is 6.37. The van der Waals surface area contributed by atoms with Gasteiger partial charge in [-0.3, -0.25) is 0 Å². The number of phenols is 1. The minimum Gasteiger partial charge on any atom is -0.504 e. The Kier molecular flexibility index (Phi) is 5.89. The van der Waals surface area contributed by atoms with E-state index in [0.717, 1.165) is 5.56 Å². The van der Waals surface area contributed by atoms with Gasteiger partial charge in [0.2, 0.25) is 5.75 Å². The average molecular weight is 234 g/mol. The number of halogens is 1. The molecule has 0 aliphatic carbocycles. The summed E-state index contributed by atoms with van der Waals surface area (Å²) >= 11 is 0. The fourth-order valence-electron chi connectivity index (χ4n) is 1.31. The highest BCUT2D eigenvalue weighted by Gasteiger charge is 2.10. The normalized spacial score (nSPS) is 9.27. The summed E-state index contributed by atoms with van der Waals surface area (Å²) < 4.78 is 10.1. The van der Waals surface area contributed by atoms with Gasteiger partial charge in [-0.25, -0.2) is 0 Å². The molecule has 0 atom stereocenters. The maximum absolute atomic E-state index is 9.58. The molecular formula is C10H16ClNO3. The zero-order chi connectivity index (χ0) is 10.6. The molecular weight excluding hydrogens is 218 g/mol. The van der Waals surface area contributed by atoms with Crippen LogP contribution in [0.3, 0.4) is 0 Å². The molecule has 0 saturated carbocycles. The predicted octanol–water partition coefficient (Wildman–Crippen LogP) is 1.33. The third-order valence-corrected chi connectivity index (χ3v) is 1.95. The largest absolute Gasteiger partial charge is 0.504 e. The molecule has 0 aliphatic rings. The topological polar surface area (TPSA) is 64.7 Å². The van der Waals surface area contributed by atoms with E-state index in [1.807, 2.05) is 6.07 Å². The number of hydrogen-bond acceptors (Lipinski definition) is 4. The lowest BCUT2D eigenvalue weighted by atomic mass is 10.1. The Labute approximate surface area is 95.4 Å². The molecule has 4 nitrogen and oxygen atoms in total. The van der Waals surface area contributed by atoms with Crippen molar-refractivity contribution >= 4 is 12.4 Å². The molecule has 86 valence electrons. The third-order valence-electron chi connectivity index (χ3n) is 1.95. The first-order valence-electron chi connectivity index (χ1n) is 4.36. The van der Waals surface area contributed by atoms with Crippen LogP contribution in [0.15, 0.2) is 12.1 Å². The fourth-order valence-corrected chi connectivity index (χ4v) is 1.31. The van der Waals surface area contributed by atoms with E-state index in [0.29, 0.717) is 24.5 Å². The second-order valence-corrected chi connectivity index (χ2v) is 2.89. The quantitative estimate of drug-likeness (QED) is 0.824. The van der Waals surface area contributed by atoms with Gasteiger partial charge in [-0.2, -0.15) is 0 Å². The molecule has 0 fully saturated rings. The lowest BCUT2D eigenvalue weighted by molar-refractivity contribution is 0.332. The van der Waals surface area contributed by atoms with Gasteiger partial charge in [-0.05, 0) is 30.7 Å². The van der Waals surface area contributed by atoms with Crippen molar-refractivity contribution in [2.24, 2.45) is 5.73 Å². The van der Waals surface area contributed by atoms with Gasteiger partial charge in [-0.15, -0.1) is 12.4 Å². The van der Waals surface area contributed by atoms with Gasteiger partial charge in [0.25, 0.3) is 0 Å². The zero-order valence-corrected chi connectivity index (χ0v) is 9.63. The van der Waals surface area contributed by atoms with Gasteiger partial charge in [0.1, 0.15) is 0 Å². The molecule has 1 aromatic rings. The van der Waals surface area contributed by atoms with Crippen LogP contribution >= 0.6 is 12.4 Å². The average Bonchev–Trinajstić information content (AvgIpc) is 2.17. The minimum absolute atomic E-state index is 0. The maximum Gasteiger partial charge on any atom is 0.203 e. The van der Waals surface area contributed by atoms with Crippen molar-refractivity contribution in [3.8, 4) is 17.2 Å². The van der Waals surface area contributed by atoms with E-state index in [1.165, 1.54) is 14.2 Å². The highest BCUT2D eigenvalue weighted by atomic mass is 35.5. The van der Waals surface area contributed by atoms with Crippen LogP contribution in [0.2, 0.25) is 0 Å². The Morgan fingerprint density at radius 3 is 2.40 bits per heavy atom. The number of methoxy groups -OCH3 is 2. The van der Waals surface area contributed by atoms with Gasteiger partial charge < -0.3 is 20.3 Å². The number of phenolic OH excluding ortho intramolecular Hbond substituents is 1. The van der Waals surface area contributed by atoms with Crippen molar-refractivity contribution in [2.75, 3.05) is 20.8 Å². The van der Waals surface area contributed by atoms with Crippen LogP contribution < -0.4 is 15.2 Å². The van der Waals surface area contributed by atoms with Gasteiger partial charge >= 0.3 is 0 Å². The Bertz CT molecular complexity index is 318. The van der Waals surface area contributed by atoms with Crippen molar-refractivity contribution in [3.05, 3.63) is 17.7 Å².